The number of rotatable bonds is 8. The van der Waals surface area contributed by atoms with Gasteiger partial charge in [-0.2, -0.15) is 0 Å². The number of benzene rings is 3. The van der Waals surface area contributed by atoms with Crippen LogP contribution in [0.4, 0.5) is 11.6 Å². The molecule has 2 heterocycles. The quantitative estimate of drug-likeness (QED) is 0.266. The number of fused-ring (bicyclic) bond motifs is 1. The molecule has 1 saturated heterocycles. The van der Waals surface area contributed by atoms with Gasteiger partial charge in [-0.3, -0.25) is 9.59 Å². The number of nitrogens with two attached hydrogens (primary N) is 1. The monoisotopic (exact) mass is 600 g/mol. The number of hydrogen-bond donors (Lipinski definition) is 2. The van der Waals surface area contributed by atoms with Crippen molar-refractivity contribution < 1.29 is 9.59 Å². The van der Waals surface area contributed by atoms with E-state index in [4.69, 9.17) is 10.7 Å². The molecular weight excluding hydrogens is 560 g/mol. The van der Waals surface area contributed by atoms with Crippen LogP contribution in [0, 0.1) is 5.92 Å². The number of nitrogens with one attached hydrogen (secondary N) is 1. The Morgan fingerprint density at radius 3 is 2.37 bits per heavy atom. The van der Waals surface area contributed by atoms with Crippen LogP contribution in [0.25, 0.3) is 11.0 Å². The van der Waals surface area contributed by atoms with E-state index in [2.05, 4.69) is 75.3 Å². The van der Waals surface area contributed by atoms with Crippen molar-refractivity contribution in [2.45, 2.75) is 38.1 Å². The summed E-state index contributed by atoms with van der Waals surface area (Å²) in [6.45, 7) is 4.62. The number of para-hydroxylation sites is 3. The van der Waals surface area contributed by atoms with Crippen molar-refractivity contribution in [3.8, 4) is 0 Å². The normalized spacial score (nSPS) is 19.2. The summed E-state index contributed by atoms with van der Waals surface area (Å²) in [6.07, 6.45) is 3.97. The van der Waals surface area contributed by atoms with Gasteiger partial charge in [-0.05, 0) is 61.2 Å². The van der Waals surface area contributed by atoms with Gasteiger partial charge in [-0.1, -0.05) is 61.4 Å². The van der Waals surface area contributed by atoms with E-state index in [0.29, 0.717) is 11.3 Å². The molecule has 9 heteroatoms. The summed E-state index contributed by atoms with van der Waals surface area (Å²) >= 11 is 0. The molecular formula is C34H41ClN6O2. The highest BCUT2D eigenvalue weighted by atomic mass is 35.5. The number of imidazole rings is 1. The molecule has 4 aromatic rings. The molecule has 43 heavy (non-hydrogen) atoms. The molecule has 1 aliphatic heterocycles. The number of carbonyl (C=O) groups is 2. The molecule has 0 bridgehead atoms. The Labute approximate surface area is 259 Å². The summed E-state index contributed by atoms with van der Waals surface area (Å²) in [5, 5.41) is 2.81. The van der Waals surface area contributed by atoms with Crippen molar-refractivity contribution in [1.29, 1.82) is 0 Å². The van der Waals surface area contributed by atoms with Crippen LogP contribution in [0.1, 0.15) is 53.1 Å². The molecule has 0 spiro atoms. The van der Waals surface area contributed by atoms with Crippen molar-refractivity contribution in [3.05, 3.63) is 89.5 Å². The first kappa shape index (κ1) is 30.7. The predicted molar refractivity (Wildman–Crippen MR) is 175 cm³/mol. The van der Waals surface area contributed by atoms with Crippen molar-refractivity contribution >= 4 is 46.8 Å². The summed E-state index contributed by atoms with van der Waals surface area (Å²) in [5.74, 6) is 0.855. The third-order valence-corrected chi connectivity index (χ3v) is 8.92. The Hall–Kier alpha value is -3.72. The highest BCUT2D eigenvalue weighted by molar-refractivity contribution is 6.06. The molecule has 0 unspecified atom stereocenters. The van der Waals surface area contributed by atoms with Gasteiger partial charge in [0.25, 0.3) is 0 Å². The number of nitrogens with zero attached hydrogens (tertiary/aromatic N) is 4. The number of likely N-dealkylation sites (N-methyl/N-ethyl adjacent to an activating group) is 1. The molecule has 226 valence electrons. The average Bonchev–Trinajstić information content (AvgIpc) is 3.39. The standard InChI is InChI=1S/C34H40N6O2.ClH/c1-38-18-20-39(21-19-38)34-37-30-12-6-7-13-31(30)40(34)23-24-14-16-25(17-15-24)26-8-2-3-9-27(26)33(42)28-10-4-5-11-29(28)36-32(41)22-35;/h4-7,10-17,26-27H,2-3,8-9,18-23,35H2,1H3,(H,36,41);1H/t26-,27-;/m0./s1. The molecule has 3 aromatic carbocycles. The molecule has 6 rings (SSSR count). The maximum atomic E-state index is 13.9. The van der Waals surface area contributed by atoms with E-state index in [1.807, 2.05) is 18.2 Å². The lowest BCUT2D eigenvalue weighted by Gasteiger charge is -2.33. The Bertz CT molecular complexity index is 1560. The molecule has 1 amide bonds. The summed E-state index contributed by atoms with van der Waals surface area (Å²) < 4.78 is 2.34. The van der Waals surface area contributed by atoms with Crippen LogP contribution in [0.3, 0.4) is 0 Å². The molecule has 1 aliphatic carbocycles. The number of Topliss-reactive ketones (excluding diaryl/α,β-unsaturated/α-hetero) is 1. The molecule has 2 aliphatic rings. The van der Waals surface area contributed by atoms with Crippen LogP contribution < -0.4 is 16.0 Å². The predicted octanol–water partition coefficient (Wildman–Crippen LogP) is 5.31. The number of ketones is 1. The van der Waals surface area contributed by atoms with E-state index in [1.165, 1.54) is 11.1 Å². The van der Waals surface area contributed by atoms with Crippen LogP contribution in [0.2, 0.25) is 0 Å². The van der Waals surface area contributed by atoms with Crippen molar-refractivity contribution in [2.75, 3.05) is 50.0 Å². The second kappa shape index (κ2) is 13.7. The minimum absolute atomic E-state index is 0. The third-order valence-electron chi connectivity index (χ3n) is 8.92. The van der Waals surface area contributed by atoms with E-state index in [9.17, 15) is 9.59 Å². The highest BCUT2D eigenvalue weighted by Gasteiger charge is 2.33. The van der Waals surface area contributed by atoms with Crippen molar-refractivity contribution in [1.82, 2.24) is 14.5 Å². The van der Waals surface area contributed by atoms with Crippen LogP contribution in [-0.2, 0) is 11.3 Å². The van der Waals surface area contributed by atoms with Gasteiger partial charge in [-0.25, -0.2) is 4.98 Å². The molecule has 3 N–H and O–H groups in total. The molecule has 8 nitrogen and oxygen atoms in total. The van der Waals surface area contributed by atoms with E-state index < -0.39 is 0 Å². The molecule has 2 fully saturated rings. The fourth-order valence-corrected chi connectivity index (χ4v) is 6.57. The lowest BCUT2D eigenvalue weighted by molar-refractivity contribution is -0.114. The minimum atomic E-state index is -0.299. The lowest BCUT2D eigenvalue weighted by Crippen LogP contribution is -2.45. The Morgan fingerprint density at radius 2 is 1.60 bits per heavy atom. The van der Waals surface area contributed by atoms with Crippen LogP contribution in [0.5, 0.6) is 0 Å². The number of aromatic nitrogens is 2. The highest BCUT2D eigenvalue weighted by Crippen LogP contribution is 2.40. The van der Waals surface area contributed by atoms with Gasteiger partial charge in [0.2, 0.25) is 11.9 Å². The summed E-state index contributed by atoms with van der Waals surface area (Å²) in [6, 6.07) is 24.5. The first-order valence-electron chi connectivity index (χ1n) is 15.1. The largest absolute Gasteiger partial charge is 0.340 e. The fraction of sp³-hybridized carbons (Fsp3) is 0.382. The second-order valence-corrected chi connectivity index (χ2v) is 11.7. The maximum absolute atomic E-state index is 13.9. The van der Waals surface area contributed by atoms with Gasteiger partial charge in [0.15, 0.2) is 5.78 Å². The number of carbonyl (C=O) groups excluding carboxylic acids is 2. The molecule has 0 radical (unpaired) electrons. The first-order chi connectivity index (χ1) is 20.5. The summed E-state index contributed by atoms with van der Waals surface area (Å²) in [4.78, 5) is 35.7. The van der Waals surface area contributed by atoms with Gasteiger partial charge < -0.3 is 25.4 Å². The number of amides is 1. The zero-order chi connectivity index (χ0) is 29.1. The smallest absolute Gasteiger partial charge is 0.238 e. The first-order valence-corrected chi connectivity index (χ1v) is 15.1. The molecule has 2 atom stereocenters. The number of hydrogen-bond acceptors (Lipinski definition) is 6. The van der Waals surface area contributed by atoms with Crippen LogP contribution in [-0.4, -0.2) is 65.9 Å². The summed E-state index contributed by atoms with van der Waals surface area (Å²) in [5.41, 5.74) is 11.2. The topological polar surface area (TPSA) is 96.5 Å². The Balaban J connectivity index is 0.00000368. The van der Waals surface area contributed by atoms with E-state index in [-0.39, 0.29) is 42.5 Å². The number of anilines is 2. The molecule has 1 saturated carbocycles. The van der Waals surface area contributed by atoms with Gasteiger partial charge in [0.05, 0.1) is 29.8 Å². The second-order valence-electron chi connectivity index (χ2n) is 11.7. The maximum Gasteiger partial charge on any atom is 0.238 e. The van der Waals surface area contributed by atoms with Gasteiger partial charge in [0.1, 0.15) is 0 Å². The van der Waals surface area contributed by atoms with Gasteiger partial charge in [0, 0.05) is 37.7 Å². The summed E-state index contributed by atoms with van der Waals surface area (Å²) in [7, 11) is 2.17. The number of piperazine rings is 1. The van der Waals surface area contributed by atoms with Gasteiger partial charge in [-0.15, -0.1) is 12.4 Å². The zero-order valence-electron chi connectivity index (χ0n) is 24.7. The van der Waals surface area contributed by atoms with Gasteiger partial charge >= 0.3 is 0 Å². The van der Waals surface area contributed by atoms with E-state index in [1.54, 1.807) is 6.07 Å². The van der Waals surface area contributed by atoms with E-state index in [0.717, 1.165) is 75.4 Å². The number of halogens is 1. The van der Waals surface area contributed by atoms with Crippen molar-refractivity contribution in [2.24, 2.45) is 11.7 Å². The average molecular weight is 601 g/mol. The van der Waals surface area contributed by atoms with Crippen molar-refractivity contribution in [3.63, 3.8) is 0 Å². The Kier molecular flexibility index (Phi) is 9.80. The fourth-order valence-electron chi connectivity index (χ4n) is 6.57. The van der Waals surface area contributed by atoms with Crippen LogP contribution >= 0.6 is 12.4 Å². The lowest BCUT2D eigenvalue weighted by atomic mass is 9.72. The van der Waals surface area contributed by atoms with E-state index >= 15 is 0 Å². The third kappa shape index (κ3) is 6.61. The van der Waals surface area contributed by atoms with Crippen LogP contribution in [0.15, 0.2) is 72.8 Å². The Morgan fingerprint density at radius 1 is 0.907 bits per heavy atom. The molecule has 1 aromatic heterocycles. The minimum Gasteiger partial charge on any atom is -0.340 e. The zero-order valence-corrected chi connectivity index (χ0v) is 25.6. The SMILES string of the molecule is CN1CCN(c2nc3ccccc3n2Cc2ccc([C@@H]3CCCC[C@@H]3C(=O)c3ccccc3NC(=O)CN)cc2)CC1.Cl.